The van der Waals surface area contributed by atoms with Crippen LogP contribution in [0.5, 0.6) is 5.88 Å². The van der Waals surface area contributed by atoms with Gasteiger partial charge in [-0.15, -0.1) is 0 Å². The van der Waals surface area contributed by atoms with Gasteiger partial charge in [-0.1, -0.05) is 25.1 Å². The number of pyridine rings is 1. The van der Waals surface area contributed by atoms with Crippen LogP contribution in [0.3, 0.4) is 0 Å². The zero-order valence-corrected chi connectivity index (χ0v) is 19.0. The quantitative estimate of drug-likeness (QED) is 0.412. The highest BCUT2D eigenvalue weighted by Gasteiger charge is 2.26. The van der Waals surface area contributed by atoms with E-state index in [1.54, 1.807) is 6.20 Å². The highest BCUT2D eigenvalue weighted by molar-refractivity contribution is 6.12. The number of amides is 1. The number of hydrogen-bond donors (Lipinski definition) is 1. The van der Waals surface area contributed by atoms with Crippen molar-refractivity contribution < 1.29 is 9.53 Å². The summed E-state index contributed by atoms with van der Waals surface area (Å²) in [5.41, 5.74) is 6.19. The number of rotatable bonds is 4. The number of carbonyl (C=O) groups is 1. The number of aromatic nitrogens is 3. The van der Waals surface area contributed by atoms with Crippen molar-refractivity contribution in [2.24, 2.45) is 0 Å². The summed E-state index contributed by atoms with van der Waals surface area (Å²) >= 11 is 0. The third-order valence-corrected chi connectivity index (χ3v) is 5.94. The number of anilines is 1. The first-order chi connectivity index (χ1) is 16.1. The highest BCUT2D eigenvalue weighted by Crippen LogP contribution is 2.40. The van der Waals surface area contributed by atoms with Crippen LogP contribution in [-0.2, 0) is 11.4 Å². The molecule has 4 aromatic rings. The lowest BCUT2D eigenvalue weighted by atomic mass is 9.89. The minimum Gasteiger partial charge on any atom is -0.472 e. The number of para-hydroxylation sites is 1. The molecule has 166 valence electrons. The molecule has 6 heteroatoms. The fourth-order valence-corrected chi connectivity index (χ4v) is 4.39. The molecule has 0 aliphatic carbocycles. The molecule has 0 radical (unpaired) electrons. The van der Waals surface area contributed by atoms with Crippen LogP contribution < -0.4 is 10.1 Å². The Bertz CT molecular complexity index is 1370. The molecule has 1 N–H and O–H groups in total. The molecule has 33 heavy (non-hydrogen) atoms. The van der Waals surface area contributed by atoms with Gasteiger partial charge in [0.25, 0.3) is 5.91 Å². The van der Waals surface area contributed by atoms with Gasteiger partial charge in [0.1, 0.15) is 6.61 Å². The van der Waals surface area contributed by atoms with E-state index in [0.717, 1.165) is 38.9 Å². The van der Waals surface area contributed by atoms with E-state index in [4.69, 9.17) is 4.74 Å². The molecule has 2 aromatic carbocycles. The normalized spacial score (nSPS) is 14.3. The first kappa shape index (κ1) is 20.9. The lowest BCUT2D eigenvalue weighted by molar-refractivity contribution is -0.112. The summed E-state index contributed by atoms with van der Waals surface area (Å²) in [7, 11) is 0. The maximum Gasteiger partial charge on any atom is 0.252 e. The predicted molar refractivity (Wildman–Crippen MR) is 130 cm³/mol. The molecule has 0 bridgehead atoms. The van der Waals surface area contributed by atoms with Crippen LogP contribution in [0.2, 0.25) is 0 Å². The van der Waals surface area contributed by atoms with Crippen LogP contribution in [0, 0.1) is 0 Å². The van der Waals surface area contributed by atoms with Gasteiger partial charge in [0.2, 0.25) is 5.88 Å². The predicted octanol–water partition coefficient (Wildman–Crippen LogP) is 5.76. The van der Waals surface area contributed by atoms with Gasteiger partial charge in [-0.25, -0.2) is 4.98 Å². The Hall–Kier alpha value is -3.93. The van der Waals surface area contributed by atoms with Gasteiger partial charge in [0.05, 0.1) is 11.7 Å². The number of benzene rings is 2. The average molecular weight is 439 g/mol. The summed E-state index contributed by atoms with van der Waals surface area (Å²) in [5, 5.41) is 8.67. The molecule has 2 aromatic heterocycles. The molecule has 0 saturated heterocycles. The number of fused-ring (bicyclic) bond motifs is 3. The fourth-order valence-electron chi connectivity index (χ4n) is 4.39. The molecular formula is C27H26N4O2. The Balaban J connectivity index is 1.74. The van der Waals surface area contributed by atoms with Gasteiger partial charge < -0.3 is 10.1 Å². The lowest BCUT2D eigenvalue weighted by Crippen LogP contribution is -2.16. The third-order valence-electron chi connectivity index (χ3n) is 5.94. The number of nitrogens with zero attached hydrogens (tertiary/aromatic N) is 3. The minimum atomic E-state index is -0.126. The number of carbonyl (C=O) groups excluding carboxylic acids is 1. The number of hydrogen-bond acceptors (Lipinski definition) is 4. The third kappa shape index (κ3) is 3.78. The maximum absolute atomic E-state index is 13.5. The lowest BCUT2D eigenvalue weighted by Gasteiger charge is -2.17. The van der Waals surface area contributed by atoms with E-state index in [1.165, 1.54) is 0 Å². The van der Waals surface area contributed by atoms with Crippen molar-refractivity contribution in [2.75, 3.05) is 5.32 Å². The fraction of sp³-hybridized carbons (Fsp3) is 0.222. The second-order valence-corrected chi connectivity index (χ2v) is 8.42. The standard InChI is InChI=1S/C27H26N4O2/c1-4-21(26(32)30-20-9-6-5-7-10-20)25-22-11-8-12-28-27(22)33-16-19-14-24-18(13-23(19)25)15-29-31(24)17(2)3/h5-15,17H,4,16H2,1-3H3,(H,30,32). The smallest absolute Gasteiger partial charge is 0.252 e. The van der Waals surface area contributed by atoms with Crippen molar-refractivity contribution in [2.45, 2.75) is 39.8 Å². The van der Waals surface area contributed by atoms with E-state index in [9.17, 15) is 4.79 Å². The van der Waals surface area contributed by atoms with Gasteiger partial charge in [0, 0.05) is 40.0 Å². The average Bonchev–Trinajstić information content (AvgIpc) is 3.17. The molecule has 1 aliphatic heterocycles. The zero-order chi connectivity index (χ0) is 22.9. The SMILES string of the molecule is CCC(C(=O)Nc1ccccc1)=C1c2cc3cnn(C(C)C)c3cc2COc2ncccc21. The van der Waals surface area contributed by atoms with E-state index in [2.05, 4.69) is 41.4 Å². The molecule has 1 amide bonds. The monoisotopic (exact) mass is 438 g/mol. The van der Waals surface area contributed by atoms with Gasteiger partial charge in [0.15, 0.2) is 0 Å². The van der Waals surface area contributed by atoms with Crippen molar-refractivity contribution in [3.8, 4) is 5.88 Å². The van der Waals surface area contributed by atoms with Gasteiger partial charge >= 0.3 is 0 Å². The summed E-state index contributed by atoms with van der Waals surface area (Å²) in [6, 6.07) is 17.9. The van der Waals surface area contributed by atoms with E-state index < -0.39 is 0 Å². The highest BCUT2D eigenvalue weighted by atomic mass is 16.5. The Morgan fingerprint density at radius 3 is 2.70 bits per heavy atom. The van der Waals surface area contributed by atoms with Crippen molar-refractivity contribution in [1.29, 1.82) is 0 Å². The Kier molecular flexibility index (Phi) is 5.42. The summed E-state index contributed by atoms with van der Waals surface area (Å²) in [5.74, 6) is 0.413. The largest absolute Gasteiger partial charge is 0.472 e. The molecule has 5 rings (SSSR count). The molecule has 0 saturated carbocycles. The molecule has 0 unspecified atom stereocenters. The molecule has 0 fully saturated rings. The second-order valence-electron chi connectivity index (χ2n) is 8.42. The van der Waals surface area contributed by atoms with Crippen molar-refractivity contribution in [3.63, 3.8) is 0 Å². The Morgan fingerprint density at radius 2 is 1.94 bits per heavy atom. The molecule has 6 nitrogen and oxygen atoms in total. The molecular weight excluding hydrogens is 412 g/mol. The Labute approximate surface area is 192 Å². The van der Waals surface area contributed by atoms with Crippen LogP contribution in [0.1, 0.15) is 49.9 Å². The van der Waals surface area contributed by atoms with E-state index in [-0.39, 0.29) is 11.9 Å². The first-order valence-corrected chi connectivity index (χ1v) is 11.2. The van der Waals surface area contributed by atoms with Gasteiger partial charge in [-0.3, -0.25) is 9.48 Å². The molecule has 0 spiro atoms. The Morgan fingerprint density at radius 1 is 1.12 bits per heavy atom. The maximum atomic E-state index is 13.5. The van der Waals surface area contributed by atoms with E-state index in [0.29, 0.717) is 24.5 Å². The van der Waals surface area contributed by atoms with Crippen LogP contribution in [0.25, 0.3) is 16.5 Å². The first-order valence-electron chi connectivity index (χ1n) is 11.2. The van der Waals surface area contributed by atoms with Crippen LogP contribution in [0.15, 0.2) is 72.6 Å². The van der Waals surface area contributed by atoms with Gasteiger partial charge in [-0.05, 0) is 67.8 Å². The van der Waals surface area contributed by atoms with E-state index >= 15 is 0 Å². The molecule has 3 heterocycles. The van der Waals surface area contributed by atoms with Crippen molar-refractivity contribution in [1.82, 2.24) is 14.8 Å². The number of nitrogens with one attached hydrogen (secondary N) is 1. The number of ether oxygens (including phenoxy) is 1. The summed E-state index contributed by atoms with van der Waals surface area (Å²) in [6.45, 7) is 6.61. The summed E-state index contributed by atoms with van der Waals surface area (Å²) in [4.78, 5) is 18.0. The van der Waals surface area contributed by atoms with Crippen LogP contribution in [-0.4, -0.2) is 20.7 Å². The topological polar surface area (TPSA) is 69.0 Å². The van der Waals surface area contributed by atoms with Crippen molar-refractivity contribution >= 4 is 28.1 Å². The summed E-state index contributed by atoms with van der Waals surface area (Å²) < 4.78 is 8.13. The van der Waals surface area contributed by atoms with Crippen LogP contribution in [0.4, 0.5) is 5.69 Å². The zero-order valence-electron chi connectivity index (χ0n) is 19.0. The molecule has 1 aliphatic rings. The van der Waals surface area contributed by atoms with E-state index in [1.807, 2.05) is 60.3 Å². The minimum absolute atomic E-state index is 0.126. The van der Waals surface area contributed by atoms with Crippen LogP contribution >= 0.6 is 0 Å². The second kappa shape index (κ2) is 8.54. The summed E-state index contributed by atoms with van der Waals surface area (Å²) in [6.07, 6.45) is 4.17. The molecule has 0 atom stereocenters. The van der Waals surface area contributed by atoms with Crippen molar-refractivity contribution in [3.05, 3.63) is 89.3 Å². The van der Waals surface area contributed by atoms with Gasteiger partial charge in [-0.2, -0.15) is 5.10 Å².